The van der Waals surface area contributed by atoms with Gasteiger partial charge in [-0.2, -0.15) is 4.37 Å². The number of nitrogen functional groups attached to an aromatic ring is 1. The summed E-state index contributed by atoms with van der Waals surface area (Å²) in [4.78, 5) is 40.6. The lowest BCUT2D eigenvalue weighted by atomic mass is 10.0. The Bertz CT molecular complexity index is 1260. The number of halogens is 1. The number of carbonyl (C=O) groups excluding carboxylic acids is 3. The summed E-state index contributed by atoms with van der Waals surface area (Å²) >= 11 is 0.719. The molecule has 188 valence electrons. The van der Waals surface area contributed by atoms with Crippen molar-refractivity contribution in [3.63, 3.8) is 0 Å². The second-order valence-corrected chi connectivity index (χ2v) is 9.23. The zero-order valence-electron chi connectivity index (χ0n) is 19.6. The number of methoxy groups -OCH3 is 1. The van der Waals surface area contributed by atoms with Crippen molar-refractivity contribution in [3.05, 3.63) is 70.5 Å². The Labute approximate surface area is 211 Å². The number of rotatable bonds is 8. The predicted molar refractivity (Wildman–Crippen MR) is 134 cm³/mol. The van der Waals surface area contributed by atoms with Crippen LogP contribution in [0.2, 0.25) is 0 Å². The highest BCUT2D eigenvalue weighted by atomic mass is 32.1. The molecule has 0 unspecified atom stereocenters. The molecule has 1 aliphatic rings. The number of ether oxygens (including phenoxy) is 1. The zero-order chi connectivity index (χ0) is 25.8. The summed E-state index contributed by atoms with van der Waals surface area (Å²) in [7, 11) is 1.51. The average Bonchev–Trinajstić information content (AvgIpc) is 3.52. The van der Waals surface area contributed by atoms with Crippen molar-refractivity contribution in [2.45, 2.75) is 37.8 Å². The summed E-state index contributed by atoms with van der Waals surface area (Å²) in [6.07, 6.45) is 3.67. The smallest absolute Gasteiger partial charge is 0.273 e. The lowest BCUT2D eigenvalue weighted by Gasteiger charge is -2.32. The highest BCUT2D eigenvalue weighted by Gasteiger charge is 2.37. The maximum atomic E-state index is 14.0. The largest absolute Gasteiger partial charge is 0.497 e. The molecular weight excluding hydrogens is 485 g/mol. The van der Waals surface area contributed by atoms with Crippen LogP contribution < -0.4 is 26.4 Å². The van der Waals surface area contributed by atoms with Gasteiger partial charge in [0, 0.05) is 11.7 Å². The van der Waals surface area contributed by atoms with E-state index in [-0.39, 0.29) is 22.3 Å². The first-order valence-electron chi connectivity index (χ1n) is 11.4. The van der Waals surface area contributed by atoms with E-state index in [9.17, 15) is 18.8 Å². The van der Waals surface area contributed by atoms with Crippen LogP contribution in [0.15, 0.2) is 48.5 Å². The van der Waals surface area contributed by atoms with E-state index in [0.717, 1.165) is 37.2 Å². The SMILES string of the molecule is COc1ccc(N(C(=O)c2snc(C(N)=O)c2N)[C@H](C(=O)NC2CCCC2)c2ccc(F)cc2)cc1. The molecule has 5 N–H and O–H groups in total. The van der Waals surface area contributed by atoms with Gasteiger partial charge in [-0.05, 0) is 66.3 Å². The third-order valence-electron chi connectivity index (χ3n) is 6.12. The first-order chi connectivity index (χ1) is 17.3. The van der Waals surface area contributed by atoms with Gasteiger partial charge >= 0.3 is 0 Å². The molecule has 36 heavy (non-hydrogen) atoms. The van der Waals surface area contributed by atoms with Gasteiger partial charge in [-0.25, -0.2) is 4.39 Å². The standard InChI is InChI=1S/C25H26FN5O4S/c1-35-18-12-10-17(11-13-18)31(25(34)22-19(27)20(23(28)32)30-36-22)21(14-6-8-15(26)9-7-14)24(33)29-16-4-2-3-5-16/h6-13,16,21H,2-5,27H2,1H3,(H2,28,32)(H,29,33)/t21-/m0/s1. The van der Waals surface area contributed by atoms with E-state index in [0.29, 0.717) is 17.0 Å². The van der Waals surface area contributed by atoms with Crippen LogP contribution >= 0.6 is 11.5 Å². The van der Waals surface area contributed by atoms with E-state index >= 15 is 0 Å². The van der Waals surface area contributed by atoms with Crippen LogP contribution in [0.3, 0.4) is 0 Å². The second kappa shape index (κ2) is 10.7. The summed E-state index contributed by atoms with van der Waals surface area (Å²) in [5.74, 6) is -1.87. The van der Waals surface area contributed by atoms with E-state index in [1.54, 1.807) is 24.3 Å². The summed E-state index contributed by atoms with van der Waals surface area (Å²) in [6, 6.07) is 10.8. The first kappa shape index (κ1) is 25.1. The van der Waals surface area contributed by atoms with Crippen LogP contribution in [0.25, 0.3) is 0 Å². The lowest BCUT2D eigenvalue weighted by molar-refractivity contribution is -0.123. The van der Waals surface area contributed by atoms with Crippen LogP contribution in [-0.4, -0.2) is 35.2 Å². The van der Waals surface area contributed by atoms with Crippen molar-refractivity contribution in [1.82, 2.24) is 9.69 Å². The van der Waals surface area contributed by atoms with Gasteiger partial charge in [-0.3, -0.25) is 19.3 Å². The summed E-state index contributed by atoms with van der Waals surface area (Å²) in [5.41, 5.74) is 11.8. The highest BCUT2D eigenvalue weighted by molar-refractivity contribution is 7.09. The van der Waals surface area contributed by atoms with Gasteiger partial charge < -0.3 is 21.5 Å². The number of anilines is 2. The fourth-order valence-corrected chi connectivity index (χ4v) is 5.02. The molecule has 0 spiro atoms. The van der Waals surface area contributed by atoms with Gasteiger partial charge in [0.15, 0.2) is 5.69 Å². The number of nitrogens with one attached hydrogen (secondary N) is 1. The first-order valence-corrected chi connectivity index (χ1v) is 12.2. The minimum atomic E-state index is -1.16. The molecule has 1 aromatic heterocycles. The van der Waals surface area contributed by atoms with Crippen molar-refractivity contribution in [3.8, 4) is 5.75 Å². The van der Waals surface area contributed by atoms with Crippen LogP contribution in [0.5, 0.6) is 5.75 Å². The van der Waals surface area contributed by atoms with Crippen molar-refractivity contribution in [2.75, 3.05) is 17.7 Å². The Kier molecular flexibility index (Phi) is 7.49. The topological polar surface area (TPSA) is 141 Å². The maximum absolute atomic E-state index is 14.0. The van der Waals surface area contributed by atoms with Crippen LogP contribution in [0, 0.1) is 5.82 Å². The molecule has 1 aliphatic carbocycles. The van der Waals surface area contributed by atoms with Gasteiger partial charge in [-0.15, -0.1) is 0 Å². The number of nitrogens with zero attached hydrogens (tertiary/aromatic N) is 2. The molecule has 0 aliphatic heterocycles. The third-order valence-corrected chi connectivity index (χ3v) is 6.97. The van der Waals surface area contributed by atoms with Gasteiger partial charge in [-0.1, -0.05) is 25.0 Å². The van der Waals surface area contributed by atoms with Crippen molar-refractivity contribution >= 4 is 40.6 Å². The molecule has 0 bridgehead atoms. The van der Waals surface area contributed by atoms with Crippen LogP contribution in [-0.2, 0) is 4.79 Å². The second-order valence-electron chi connectivity index (χ2n) is 8.46. The van der Waals surface area contributed by atoms with E-state index in [1.807, 2.05) is 0 Å². The molecule has 3 amide bonds. The summed E-state index contributed by atoms with van der Waals surface area (Å²) < 4.78 is 22.9. The lowest BCUT2D eigenvalue weighted by Crippen LogP contribution is -2.46. The van der Waals surface area contributed by atoms with Crippen molar-refractivity contribution in [2.24, 2.45) is 5.73 Å². The number of primary amides is 1. The van der Waals surface area contributed by atoms with E-state index in [1.165, 1.54) is 36.3 Å². The van der Waals surface area contributed by atoms with Crippen molar-refractivity contribution in [1.29, 1.82) is 0 Å². The number of hydrogen-bond donors (Lipinski definition) is 3. The molecule has 1 heterocycles. The number of aromatic nitrogens is 1. The van der Waals surface area contributed by atoms with Gasteiger partial charge in [0.05, 0.1) is 12.8 Å². The molecule has 1 atom stereocenters. The van der Waals surface area contributed by atoms with E-state index in [2.05, 4.69) is 9.69 Å². The molecule has 2 aromatic carbocycles. The number of hydrogen-bond acceptors (Lipinski definition) is 7. The molecule has 11 heteroatoms. The molecule has 3 aromatic rings. The summed E-state index contributed by atoms with van der Waals surface area (Å²) in [6.45, 7) is 0. The van der Waals surface area contributed by atoms with Crippen molar-refractivity contribution < 1.29 is 23.5 Å². The van der Waals surface area contributed by atoms with Gasteiger partial charge in [0.1, 0.15) is 22.5 Å². The molecule has 0 radical (unpaired) electrons. The Morgan fingerprint density at radius 2 is 1.75 bits per heavy atom. The fraction of sp³-hybridized carbons (Fsp3) is 0.280. The minimum Gasteiger partial charge on any atom is -0.497 e. The van der Waals surface area contributed by atoms with E-state index < -0.39 is 29.6 Å². The van der Waals surface area contributed by atoms with E-state index in [4.69, 9.17) is 16.2 Å². The third kappa shape index (κ3) is 5.15. The minimum absolute atomic E-state index is 0.0248. The Hall–Kier alpha value is -3.99. The molecule has 1 fully saturated rings. The predicted octanol–water partition coefficient (Wildman–Crippen LogP) is 3.42. The Balaban J connectivity index is 1.84. The number of amides is 3. The molecule has 0 saturated heterocycles. The van der Waals surface area contributed by atoms with Crippen LogP contribution in [0.4, 0.5) is 15.8 Å². The maximum Gasteiger partial charge on any atom is 0.273 e. The number of carbonyl (C=O) groups is 3. The molecular formula is C25H26FN5O4S. The fourth-order valence-electron chi connectivity index (χ4n) is 4.28. The molecule has 4 rings (SSSR count). The van der Waals surface area contributed by atoms with Gasteiger partial charge in [0.25, 0.3) is 11.8 Å². The molecule has 1 saturated carbocycles. The average molecular weight is 512 g/mol. The Morgan fingerprint density at radius 3 is 2.31 bits per heavy atom. The highest BCUT2D eigenvalue weighted by Crippen LogP contribution is 2.34. The monoisotopic (exact) mass is 511 g/mol. The van der Waals surface area contributed by atoms with Gasteiger partial charge in [0.2, 0.25) is 5.91 Å². The number of nitrogens with two attached hydrogens (primary N) is 2. The summed E-state index contributed by atoms with van der Waals surface area (Å²) in [5, 5.41) is 3.04. The normalized spacial score (nSPS) is 14.3. The van der Waals surface area contributed by atoms with Crippen LogP contribution in [0.1, 0.15) is 57.4 Å². The Morgan fingerprint density at radius 1 is 1.11 bits per heavy atom. The number of benzene rings is 2. The quantitative estimate of drug-likeness (QED) is 0.423. The molecule has 9 nitrogen and oxygen atoms in total. The zero-order valence-corrected chi connectivity index (χ0v) is 20.4.